The predicted molar refractivity (Wildman–Crippen MR) is 66.8 cm³/mol. The van der Waals surface area contributed by atoms with Crippen LogP contribution >= 0.6 is 0 Å². The molecule has 1 unspecified atom stereocenters. The second kappa shape index (κ2) is 5.92. The largest absolute Gasteiger partial charge is 0.416 e. The Bertz CT molecular complexity index is 396. The average Bonchev–Trinajstić information content (AvgIpc) is 2.39. The molecule has 0 aromatic heterocycles. The van der Waals surface area contributed by atoms with E-state index in [0.29, 0.717) is 6.04 Å². The van der Waals surface area contributed by atoms with E-state index in [1.807, 2.05) is 6.92 Å². The summed E-state index contributed by atoms with van der Waals surface area (Å²) in [5, 5.41) is 3.43. The minimum atomic E-state index is -4.27. The van der Waals surface area contributed by atoms with Gasteiger partial charge < -0.3 is 10.1 Å². The maximum Gasteiger partial charge on any atom is 0.416 e. The summed E-state index contributed by atoms with van der Waals surface area (Å²) < 4.78 is 42.7. The van der Waals surface area contributed by atoms with Crippen molar-refractivity contribution in [3.8, 4) is 0 Å². The van der Waals surface area contributed by atoms with Gasteiger partial charge in [0.1, 0.15) is 0 Å². The summed E-state index contributed by atoms with van der Waals surface area (Å²) in [6.07, 6.45) is -2.37. The van der Waals surface area contributed by atoms with Crippen molar-refractivity contribution in [2.24, 2.45) is 0 Å². The molecule has 1 atom stereocenters. The Morgan fingerprint density at radius 1 is 1.16 bits per heavy atom. The van der Waals surface area contributed by atoms with Gasteiger partial charge in [0, 0.05) is 25.3 Å². The number of halogens is 3. The maximum absolute atomic E-state index is 12.5. The zero-order valence-electron chi connectivity index (χ0n) is 10.8. The van der Waals surface area contributed by atoms with Crippen LogP contribution < -0.4 is 5.32 Å². The zero-order chi connectivity index (χ0) is 13.9. The minimum absolute atomic E-state index is 0.0467. The van der Waals surface area contributed by atoms with E-state index in [4.69, 9.17) is 4.74 Å². The van der Waals surface area contributed by atoms with Crippen LogP contribution in [-0.2, 0) is 10.9 Å². The Kier molecular flexibility index (Phi) is 4.47. The lowest BCUT2D eigenvalue weighted by molar-refractivity contribution is -0.137. The SMILES string of the molecule is CC(NC1CCOCC1)c1ccc(C(F)(F)F)cc1. The van der Waals surface area contributed by atoms with Crippen LogP contribution in [0.5, 0.6) is 0 Å². The lowest BCUT2D eigenvalue weighted by Crippen LogP contribution is -2.36. The number of rotatable bonds is 3. The molecule has 0 saturated carbocycles. The first kappa shape index (κ1) is 14.3. The maximum atomic E-state index is 12.5. The van der Waals surface area contributed by atoms with Crippen LogP contribution in [0.1, 0.15) is 36.9 Å². The summed E-state index contributed by atoms with van der Waals surface area (Å²) in [6, 6.07) is 5.78. The monoisotopic (exact) mass is 273 g/mol. The Morgan fingerprint density at radius 2 is 1.74 bits per heavy atom. The number of hydrogen-bond donors (Lipinski definition) is 1. The Hall–Kier alpha value is -1.07. The third kappa shape index (κ3) is 3.94. The van der Waals surface area contributed by atoms with Crippen LogP contribution in [-0.4, -0.2) is 19.3 Å². The molecule has 1 aliphatic heterocycles. The first-order chi connectivity index (χ1) is 8.97. The van der Waals surface area contributed by atoms with E-state index in [-0.39, 0.29) is 6.04 Å². The molecule has 5 heteroatoms. The Morgan fingerprint density at radius 3 is 2.26 bits per heavy atom. The molecule has 106 valence electrons. The fourth-order valence-electron chi connectivity index (χ4n) is 2.27. The lowest BCUT2D eigenvalue weighted by atomic mass is 10.0. The third-order valence-corrected chi connectivity index (χ3v) is 3.45. The molecule has 1 aromatic rings. The molecule has 1 fully saturated rings. The van der Waals surface area contributed by atoms with Crippen LogP contribution in [0.15, 0.2) is 24.3 Å². The molecule has 2 nitrogen and oxygen atoms in total. The number of nitrogens with one attached hydrogen (secondary N) is 1. The van der Waals surface area contributed by atoms with E-state index in [2.05, 4.69) is 5.32 Å². The van der Waals surface area contributed by atoms with Crippen molar-refractivity contribution in [2.45, 2.75) is 38.0 Å². The predicted octanol–water partition coefficient (Wildman–Crippen LogP) is 3.54. The molecule has 0 spiro atoms. The molecule has 0 amide bonds. The number of benzene rings is 1. The van der Waals surface area contributed by atoms with Crippen molar-refractivity contribution in [3.05, 3.63) is 35.4 Å². The van der Waals surface area contributed by atoms with Gasteiger partial charge in [0.05, 0.1) is 5.56 Å². The topological polar surface area (TPSA) is 21.3 Å². The average molecular weight is 273 g/mol. The third-order valence-electron chi connectivity index (χ3n) is 3.45. The van der Waals surface area contributed by atoms with Gasteiger partial charge in [-0.2, -0.15) is 13.2 Å². The number of hydrogen-bond acceptors (Lipinski definition) is 2. The van der Waals surface area contributed by atoms with Gasteiger partial charge in [0.15, 0.2) is 0 Å². The number of alkyl halides is 3. The summed E-state index contributed by atoms with van der Waals surface area (Å²) >= 11 is 0. The number of ether oxygens (including phenoxy) is 1. The van der Waals surface area contributed by atoms with Crippen LogP contribution in [0.4, 0.5) is 13.2 Å². The van der Waals surface area contributed by atoms with E-state index < -0.39 is 11.7 Å². The van der Waals surface area contributed by atoms with Crippen molar-refractivity contribution < 1.29 is 17.9 Å². The molecule has 0 bridgehead atoms. The quantitative estimate of drug-likeness (QED) is 0.909. The highest BCUT2D eigenvalue weighted by molar-refractivity contribution is 5.26. The van der Waals surface area contributed by atoms with E-state index in [0.717, 1.165) is 43.8 Å². The zero-order valence-corrected chi connectivity index (χ0v) is 10.8. The normalized spacial score (nSPS) is 19.4. The van der Waals surface area contributed by atoms with Crippen LogP contribution in [0.2, 0.25) is 0 Å². The lowest BCUT2D eigenvalue weighted by Gasteiger charge is -2.27. The van der Waals surface area contributed by atoms with Gasteiger partial charge in [-0.1, -0.05) is 12.1 Å². The van der Waals surface area contributed by atoms with E-state index >= 15 is 0 Å². The van der Waals surface area contributed by atoms with Crippen LogP contribution in [0.3, 0.4) is 0 Å². The molecule has 19 heavy (non-hydrogen) atoms. The fraction of sp³-hybridized carbons (Fsp3) is 0.571. The smallest absolute Gasteiger partial charge is 0.381 e. The molecule has 1 aromatic carbocycles. The molecule has 0 radical (unpaired) electrons. The van der Waals surface area contributed by atoms with Gasteiger partial charge in [0.2, 0.25) is 0 Å². The molecule has 1 aliphatic rings. The summed E-state index contributed by atoms with van der Waals surface area (Å²) in [4.78, 5) is 0. The highest BCUT2D eigenvalue weighted by atomic mass is 19.4. The van der Waals surface area contributed by atoms with Gasteiger partial charge in [-0.15, -0.1) is 0 Å². The molecule has 2 rings (SSSR count). The highest BCUT2D eigenvalue weighted by Crippen LogP contribution is 2.30. The second-order valence-corrected chi connectivity index (χ2v) is 4.89. The first-order valence-corrected chi connectivity index (χ1v) is 6.48. The molecule has 1 heterocycles. The van der Waals surface area contributed by atoms with Crippen LogP contribution in [0, 0.1) is 0 Å². The van der Waals surface area contributed by atoms with Crippen molar-refractivity contribution in [2.75, 3.05) is 13.2 Å². The van der Waals surface area contributed by atoms with E-state index in [9.17, 15) is 13.2 Å². The van der Waals surface area contributed by atoms with E-state index in [1.54, 1.807) is 12.1 Å². The van der Waals surface area contributed by atoms with Crippen LogP contribution in [0.25, 0.3) is 0 Å². The summed E-state index contributed by atoms with van der Waals surface area (Å²) in [5.74, 6) is 0. The summed E-state index contributed by atoms with van der Waals surface area (Å²) in [5.41, 5.74) is 0.272. The second-order valence-electron chi connectivity index (χ2n) is 4.89. The van der Waals surface area contributed by atoms with Gasteiger partial charge >= 0.3 is 6.18 Å². The van der Waals surface area contributed by atoms with Crippen molar-refractivity contribution in [1.29, 1.82) is 0 Å². The molecule has 1 N–H and O–H groups in total. The van der Waals surface area contributed by atoms with Gasteiger partial charge in [-0.05, 0) is 37.5 Å². The van der Waals surface area contributed by atoms with Gasteiger partial charge in [-0.25, -0.2) is 0 Å². The standard InChI is InChI=1S/C14H18F3NO/c1-10(18-13-6-8-19-9-7-13)11-2-4-12(5-3-11)14(15,16)17/h2-5,10,13,18H,6-9H2,1H3. The van der Waals surface area contributed by atoms with Gasteiger partial charge in [0.25, 0.3) is 0 Å². The summed E-state index contributed by atoms with van der Waals surface area (Å²) in [7, 11) is 0. The van der Waals surface area contributed by atoms with Gasteiger partial charge in [-0.3, -0.25) is 0 Å². The molecule has 1 saturated heterocycles. The Balaban J connectivity index is 1.97. The van der Waals surface area contributed by atoms with Crippen molar-refractivity contribution >= 4 is 0 Å². The molecular weight excluding hydrogens is 255 g/mol. The highest BCUT2D eigenvalue weighted by Gasteiger charge is 2.30. The minimum Gasteiger partial charge on any atom is -0.381 e. The first-order valence-electron chi connectivity index (χ1n) is 6.48. The molecule has 0 aliphatic carbocycles. The van der Waals surface area contributed by atoms with E-state index in [1.165, 1.54) is 0 Å². The summed E-state index contributed by atoms with van der Waals surface area (Å²) in [6.45, 7) is 3.47. The Labute approximate surface area is 111 Å². The van der Waals surface area contributed by atoms with Crippen molar-refractivity contribution in [3.63, 3.8) is 0 Å². The van der Waals surface area contributed by atoms with Crippen molar-refractivity contribution in [1.82, 2.24) is 5.32 Å². The molecular formula is C14H18F3NO. The fourth-order valence-corrected chi connectivity index (χ4v) is 2.27.